The second kappa shape index (κ2) is 10.5. The topological polar surface area (TPSA) is 63.7 Å². The minimum absolute atomic E-state index is 0.00286. The molecular formula is C26H29NO4S. The Balaban J connectivity index is 1.97. The zero-order chi connectivity index (χ0) is 23.1. The third-order valence-electron chi connectivity index (χ3n) is 5.42. The predicted molar refractivity (Wildman–Crippen MR) is 127 cm³/mol. The largest absolute Gasteiger partial charge is 0.383 e. The van der Waals surface area contributed by atoms with Crippen LogP contribution in [0, 0.1) is 0 Å². The maximum atomic E-state index is 14.0. The number of carbonyl (C=O) groups is 1. The fourth-order valence-electron chi connectivity index (χ4n) is 3.67. The molecule has 168 valence electrons. The van der Waals surface area contributed by atoms with E-state index in [9.17, 15) is 13.2 Å². The highest BCUT2D eigenvalue weighted by atomic mass is 32.2. The predicted octanol–water partition coefficient (Wildman–Crippen LogP) is 4.98. The van der Waals surface area contributed by atoms with E-state index in [0.717, 1.165) is 29.4 Å². The number of hydrogen-bond donors (Lipinski definition) is 0. The Morgan fingerprint density at radius 3 is 1.97 bits per heavy atom. The highest BCUT2D eigenvalue weighted by Crippen LogP contribution is 2.29. The van der Waals surface area contributed by atoms with Crippen LogP contribution in [-0.2, 0) is 21.5 Å². The Bertz CT molecular complexity index is 1090. The lowest BCUT2D eigenvalue weighted by molar-refractivity contribution is -0.134. The van der Waals surface area contributed by atoms with Gasteiger partial charge in [0.2, 0.25) is 5.91 Å². The molecule has 1 unspecified atom stereocenters. The van der Waals surface area contributed by atoms with Crippen LogP contribution in [0.4, 0.5) is 0 Å². The van der Waals surface area contributed by atoms with Gasteiger partial charge in [0.15, 0.2) is 0 Å². The molecule has 0 aliphatic rings. The van der Waals surface area contributed by atoms with Gasteiger partial charge in [-0.25, -0.2) is 0 Å². The van der Waals surface area contributed by atoms with Crippen molar-refractivity contribution in [2.75, 3.05) is 6.26 Å². The molecule has 1 amide bonds. The van der Waals surface area contributed by atoms with E-state index in [2.05, 4.69) is 0 Å². The first-order valence-corrected chi connectivity index (χ1v) is 12.5. The summed E-state index contributed by atoms with van der Waals surface area (Å²) in [5.74, 6) is -0.183. The summed E-state index contributed by atoms with van der Waals surface area (Å²) in [6.45, 7) is 4.43. The Labute approximate surface area is 190 Å². The van der Waals surface area contributed by atoms with Crippen molar-refractivity contribution < 1.29 is 17.4 Å². The summed E-state index contributed by atoms with van der Waals surface area (Å²) < 4.78 is 28.1. The van der Waals surface area contributed by atoms with Gasteiger partial charge in [-0.2, -0.15) is 8.42 Å². The molecule has 0 saturated carbocycles. The fraction of sp³-hybridized carbons (Fsp3) is 0.269. The molecule has 0 radical (unpaired) electrons. The first kappa shape index (κ1) is 23.5. The van der Waals surface area contributed by atoms with E-state index < -0.39 is 16.0 Å². The number of amides is 1. The van der Waals surface area contributed by atoms with Gasteiger partial charge < -0.3 is 9.08 Å². The molecule has 3 rings (SSSR count). The average Bonchev–Trinajstić information content (AvgIpc) is 2.77. The summed E-state index contributed by atoms with van der Waals surface area (Å²) in [7, 11) is -3.63. The van der Waals surface area contributed by atoms with Crippen molar-refractivity contribution in [3.05, 3.63) is 102 Å². The second-order valence-corrected chi connectivity index (χ2v) is 9.49. The number of benzene rings is 3. The van der Waals surface area contributed by atoms with E-state index in [4.69, 9.17) is 4.18 Å². The van der Waals surface area contributed by atoms with E-state index in [1.54, 1.807) is 18.2 Å². The number of hydrogen-bond acceptors (Lipinski definition) is 4. The molecule has 3 aromatic carbocycles. The molecule has 0 fully saturated rings. The molecule has 0 N–H and O–H groups in total. The normalized spacial score (nSPS) is 12.4. The SMILES string of the molecule is CCC(C)N(Cc1cccc(OS(C)(=O)=O)c1)C(=O)C(c1ccccc1)c1ccccc1. The van der Waals surface area contributed by atoms with Crippen LogP contribution in [0.3, 0.4) is 0 Å². The van der Waals surface area contributed by atoms with Gasteiger partial charge in [0, 0.05) is 12.6 Å². The van der Waals surface area contributed by atoms with Crippen LogP contribution in [0.25, 0.3) is 0 Å². The van der Waals surface area contributed by atoms with Gasteiger partial charge in [-0.05, 0) is 42.2 Å². The highest BCUT2D eigenvalue weighted by Gasteiger charge is 2.30. The monoisotopic (exact) mass is 451 g/mol. The quantitative estimate of drug-likeness (QED) is 0.430. The Morgan fingerprint density at radius 2 is 1.47 bits per heavy atom. The molecule has 0 bridgehead atoms. The van der Waals surface area contributed by atoms with Gasteiger partial charge in [0.05, 0.1) is 12.2 Å². The van der Waals surface area contributed by atoms with Gasteiger partial charge in [-0.3, -0.25) is 4.79 Å². The van der Waals surface area contributed by atoms with Gasteiger partial charge in [0.25, 0.3) is 0 Å². The fourth-order valence-corrected chi connectivity index (χ4v) is 4.13. The summed E-state index contributed by atoms with van der Waals surface area (Å²) in [6, 6.07) is 26.4. The summed E-state index contributed by atoms with van der Waals surface area (Å²) in [4.78, 5) is 15.8. The molecule has 32 heavy (non-hydrogen) atoms. The zero-order valence-corrected chi connectivity index (χ0v) is 19.5. The number of rotatable bonds is 9. The van der Waals surface area contributed by atoms with E-state index in [0.29, 0.717) is 6.54 Å². The highest BCUT2D eigenvalue weighted by molar-refractivity contribution is 7.86. The van der Waals surface area contributed by atoms with Crippen molar-refractivity contribution in [1.82, 2.24) is 4.90 Å². The van der Waals surface area contributed by atoms with Crippen molar-refractivity contribution >= 4 is 16.0 Å². The summed E-state index contributed by atoms with van der Waals surface area (Å²) in [5, 5.41) is 0. The lowest BCUT2D eigenvalue weighted by atomic mass is 9.89. The van der Waals surface area contributed by atoms with E-state index >= 15 is 0 Å². The smallest absolute Gasteiger partial charge is 0.306 e. The van der Waals surface area contributed by atoms with Crippen LogP contribution >= 0.6 is 0 Å². The van der Waals surface area contributed by atoms with Crippen molar-refractivity contribution in [2.45, 2.75) is 38.8 Å². The van der Waals surface area contributed by atoms with Crippen LogP contribution < -0.4 is 4.18 Å². The Kier molecular flexibility index (Phi) is 7.70. The van der Waals surface area contributed by atoms with Crippen LogP contribution in [0.15, 0.2) is 84.9 Å². The molecule has 0 spiro atoms. The van der Waals surface area contributed by atoms with Gasteiger partial charge in [-0.15, -0.1) is 0 Å². The molecule has 5 nitrogen and oxygen atoms in total. The standard InChI is InChI=1S/C26H29NO4S/c1-4-20(2)27(19-21-12-11-17-24(18-21)31-32(3,29)30)26(28)25(22-13-7-5-8-14-22)23-15-9-6-10-16-23/h5-18,20,25H,4,19H2,1-3H3. The first-order valence-electron chi connectivity index (χ1n) is 10.7. The Hall–Kier alpha value is -3.12. The molecule has 1 atom stereocenters. The molecule has 0 aliphatic carbocycles. The van der Waals surface area contributed by atoms with Crippen molar-refractivity contribution in [3.8, 4) is 5.75 Å². The molecular weight excluding hydrogens is 422 g/mol. The van der Waals surface area contributed by atoms with E-state index in [1.807, 2.05) is 85.5 Å². The van der Waals surface area contributed by atoms with E-state index in [1.165, 1.54) is 0 Å². The first-order chi connectivity index (χ1) is 15.3. The average molecular weight is 452 g/mol. The van der Waals surface area contributed by atoms with Crippen molar-refractivity contribution in [3.63, 3.8) is 0 Å². The Morgan fingerprint density at radius 1 is 0.906 bits per heavy atom. The van der Waals surface area contributed by atoms with E-state index in [-0.39, 0.29) is 17.7 Å². The molecule has 0 saturated heterocycles. The lowest BCUT2D eigenvalue weighted by Crippen LogP contribution is -2.41. The van der Waals surface area contributed by atoms with Crippen molar-refractivity contribution in [2.24, 2.45) is 0 Å². The summed E-state index contributed by atoms with van der Waals surface area (Å²) >= 11 is 0. The van der Waals surface area contributed by atoms with Crippen LogP contribution in [0.2, 0.25) is 0 Å². The van der Waals surface area contributed by atoms with Crippen molar-refractivity contribution in [1.29, 1.82) is 0 Å². The maximum absolute atomic E-state index is 14.0. The van der Waals surface area contributed by atoms with Crippen LogP contribution in [0.1, 0.15) is 42.9 Å². The minimum Gasteiger partial charge on any atom is -0.383 e. The van der Waals surface area contributed by atoms with Crippen LogP contribution in [0.5, 0.6) is 5.75 Å². The minimum atomic E-state index is -3.63. The summed E-state index contributed by atoms with van der Waals surface area (Å²) in [5.41, 5.74) is 2.68. The zero-order valence-electron chi connectivity index (χ0n) is 18.6. The molecule has 0 aliphatic heterocycles. The van der Waals surface area contributed by atoms with Crippen LogP contribution in [-0.4, -0.2) is 31.5 Å². The molecule has 3 aromatic rings. The number of carbonyl (C=O) groups excluding carboxylic acids is 1. The summed E-state index contributed by atoms with van der Waals surface area (Å²) in [6.07, 6.45) is 1.81. The number of nitrogens with zero attached hydrogens (tertiary/aromatic N) is 1. The van der Waals surface area contributed by atoms with Gasteiger partial charge >= 0.3 is 10.1 Å². The second-order valence-electron chi connectivity index (χ2n) is 7.91. The maximum Gasteiger partial charge on any atom is 0.306 e. The third kappa shape index (κ3) is 6.20. The lowest BCUT2D eigenvalue weighted by Gasteiger charge is -2.33. The van der Waals surface area contributed by atoms with Gasteiger partial charge in [-0.1, -0.05) is 79.7 Å². The molecule has 0 heterocycles. The van der Waals surface area contributed by atoms with Gasteiger partial charge in [0.1, 0.15) is 5.75 Å². The third-order valence-corrected chi connectivity index (χ3v) is 5.91. The molecule has 6 heteroatoms. The molecule has 0 aromatic heterocycles.